The zero-order valence-electron chi connectivity index (χ0n) is 16.3. The lowest BCUT2D eigenvalue weighted by atomic mass is 9.99. The van der Waals surface area contributed by atoms with Crippen molar-refractivity contribution >= 4 is 56.3 Å². The molecule has 0 unspecified atom stereocenters. The Morgan fingerprint density at radius 2 is 1.80 bits per heavy atom. The molecular formula is C24H20BrClN2O2. The molecule has 0 radical (unpaired) electrons. The first-order chi connectivity index (χ1) is 14.4. The molecule has 4 nitrogen and oxygen atoms in total. The summed E-state index contributed by atoms with van der Waals surface area (Å²) in [6, 6.07) is 18.1. The van der Waals surface area contributed by atoms with Crippen molar-refractivity contribution in [3.05, 3.63) is 99.5 Å². The van der Waals surface area contributed by atoms with Crippen LogP contribution in [-0.4, -0.2) is 11.7 Å². The van der Waals surface area contributed by atoms with E-state index in [0.29, 0.717) is 33.2 Å². The standard InChI is InChI=1S/C24H20BrClN2O2/c1-3-6-23(29)28-22-13-16(25)9-12-21(22)27-17-10-11-19(20(26)14-17)24(30)18-8-5-4-7-15(18)2/h3-5,7-14,27H,1,6H2,2H3,(H,28,29). The molecule has 0 saturated carbocycles. The topological polar surface area (TPSA) is 58.2 Å². The summed E-state index contributed by atoms with van der Waals surface area (Å²) < 4.78 is 0.833. The maximum absolute atomic E-state index is 12.9. The molecule has 3 aromatic rings. The summed E-state index contributed by atoms with van der Waals surface area (Å²) in [6.45, 7) is 5.48. The van der Waals surface area contributed by atoms with Gasteiger partial charge in [-0.1, -0.05) is 57.9 Å². The molecule has 3 rings (SSSR count). The number of rotatable bonds is 7. The van der Waals surface area contributed by atoms with Gasteiger partial charge in [0.15, 0.2) is 5.78 Å². The van der Waals surface area contributed by atoms with E-state index in [9.17, 15) is 9.59 Å². The molecule has 6 heteroatoms. The van der Waals surface area contributed by atoms with Crippen molar-refractivity contribution in [1.29, 1.82) is 0 Å². The summed E-state index contributed by atoms with van der Waals surface area (Å²) in [4.78, 5) is 24.8. The Labute approximate surface area is 189 Å². The lowest BCUT2D eigenvalue weighted by Crippen LogP contribution is -2.11. The third kappa shape index (κ3) is 5.17. The molecule has 1 amide bonds. The average Bonchev–Trinajstić information content (AvgIpc) is 2.70. The second kappa shape index (κ2) is 9.74. The van der Waals surface area contributed by atoms with Crippen molar-refractivity contribution in [3.63, 3.8) is 0 Å². The minimum absolute atomic E-state index is 0.120. The molecule has 0 atom stereocenters. The summed E-state index contributed by atoms with van der Waals surface area (Å²) in [7, 11) is 0. The van der Waals surface area contributed by atoms with Gasteiger partial charge in [0.1, 0.15) is 0 Å². The van der Waals surface area contributed by atoms with Crippen molar-refractivity contribution in [2.45, 2.75) is 13.3 Å². The molecule has 0 bridgehead atoms. The van der Waals surface area contributed by atoms with Crippen molar-refractivity contribution in [2.24, 2.45) is 0 Å². The summed E-state index contributed by atoms with van der Waals surface area (Å²) in [6.07, 6.45) is 1.76. The van der Waals surface area contributed by atoms with Gasteiger partial charge in [-0.25, -0.2) is 0 Å². The number of nitrogens with one attached hydrogen (secondary N) is 2. The number of carbonyl (C=O) groups excluding carboxylic acids is 2. The summed E-state index contributed by atoms with van der Waals surface area (Å²) in [5, 5.41) is 6.45. The van der Waals surface area contributed by atoms with Crippen LogP contribution in [0.5, 0.6) is 0 Å². The van der Waals surface area contributed by atoms with E-state index in [1.807, 2.05) is 37.3 Å². The van der Waals surface area contributed by atoms with E-state index in [2.05, 4.69) is 33.1 Å². The van der Waals surface area contributed by atoms with E-state index in [1.54, 1.807) is 36.4 Å². The highest BCUT2D eigenvalue weighted by Crippen LogP contribution is 2.31. The third-order valence-electron chi connectivity index (χ3n) is 4.47. The highest BCUT2D eigenvalue weighted by molar-refractivity contribution is 9.10. The largest absolute Gasteiger partial charge is 0.354 e. The van der Waals surface area contributed by atoms with E-state index in [4.69, 9.17) is 11.6 Å². The van der Waals surface area contributed by atoms with Crippen LogP contribution in [0.25, 0.3) is 0 Å². The van der Waals surface area contributed by atoms with Crippen LogP contribution in [0.2, 0.25) is 5.02 Å². The number of hydrogen-bond acceptors (Lipinski definition) is 3. The minimum Gasteiger partial charge on any atom is -0.354 e. The molecule has 0 aliphatic rings. The van der Waals surface area contributed by atoms with Crippen molar-refractivity contribution in [2.75, 3.05) is 10.6 Å². The first-order valence-corrected chi connectivity index (χ1v) is 10.4. The lowest BCUT2D eigenvalue weighted by molar-refractivity contribution is -0.115. The molecule has 30 heavy (non-hydrogen) atoms. The zero-order chi connectivity index (χ0) is 21.7. The van der Waals surface area contributed by atoms with Crippen LogP contribution in [0.3, 0.4) is 0 Å². The number of carbonyl (C=O) groups is 2. The number of aryl methyl sites for hydroxylation is 1. The van der Waals surface area contributed by atoms with Crippen LogP contribution in [0, 0.1) is 6.92 Å². The van der Waals surface area contributed by atoms with Gasteiger partial charge in [0, 0.05) is 27.7 Å². The van der Waals surface area contributed by atoms with Gasteiger partial charge in [-0.2, -0.15) is 0 Å². The summed E-state index contributed by atoms with van der Waals surface area (Å²) >= 11 is 9.85. The first-order valence-electron chi connectivity index (χ1n) is 9.26. The highest BCUT2D eigenvalue weighted by atomic mass is 79.9. The Bertz CT molecular complexity index is 1130. The van der Waals surface area contributed by atoms with Crippen molar-refractivity contribution < 1.29 is 9.59 Å². The van der Waals surface area contributed by atoms with Crippen molar-refractivity contribution in [1.82, 2.24) is 0 Å². The van der Waals surface area contributed by atoms with E-state index in [0.717, 1.165) is 10.0 Å². The van der Waals surface area contributed by atoms with Crippen LogP contribution < -0.4 is 10.6 Å². The van der Waals surface area contributed by atoms with Gasteiger partial charge in [0.2, 0.25) is 5.91 Å². The van der Waals surface area contributed by atoms with Crippen LogP contribution >= 0.6 is 27.5 Å². The van der Waals surface area contributed by atoms with E-state index in [-0.39, 0.29) is 18.1 Å². The smallest absolute Gasteiger partial charge is 0.228 e. The van der Waals surface area contributed by atoms with Gasteiger partial charge in [-0.3, -0.25) is 9.59 Å². The fraction of sp³-hybridized carbons (Fsp3) is 0.0833. The molecule has 2 N–H and O–H groups in total. The van der Waals surface area contributed by atoms with Gasteiger partial charge < -0.3 is 10.6 Å². The maximum atomic E-state index is 12.9. The molecule has 0 saturated heterocycles. The van der Waals surface area contributed by atoms with Gasteiger partial charge in [0.05, 0.1) is 16.4 Å². The number of anilines is 3. The van der Waals surface area contributed by atoms with Gasteiger partial charge in [-0.15, -0.1) is 6.58 Å². The van der Waals surface area contributed by atoms with E-state index < -0.39 is 0 Å². The molecule has 3 aromatic carbocycles. The molecule has 0 aliphatic carbocycles. The molecule has 152 valence electrons. The van der Waals surface area contributed by atoms with Crippen LogP contribution in [0.15, 0.2) is 77.8 Å². The SMILES string of the molecule is C=CCC(=O)Nc1cc(Br)ccc1Nc1ccc(C(=O)c2ccccc2C)c(Cl)c1. The monoisotopic (exact) mass is 482 g/mol. The van der Waals surface area contributed by atoms with Crippen molar-refractivity contribution in [3.8, 4) is 0 Å². The first kappa shape index (κ1) is 21.8. The third-order valence-corrected chi connectivity index (χ3v) is 5.27. The predicted octanol–water partition coefficient (Wildman–Crippen LogP) is 6.90. The maximum Gasteiger partial charge on any atom is 0.228 e. The Morgan fingerprint density at radius 3 is 2.50 bits per heavy atom. The van der Waals surface area contributed by atoms with Crippen LogP contribution in [0.1, 0.15) is 27.9 Å². The number of ketones is 1. The quantitative estimate of drug-likeness (QED) is 0.284. The molecular weight excluding hydrogens is 464 g/mol. The summed E-state index contributed by atoms with van der Waals surface area (Å²) in [5.41, 5.74) is 3.97. The highest BCUT2D eigenvalue weighted by Gasteiger charge is 2.15. The van der Waals surface area contributed by atoms with Gasteiger partial charge >= 0.3 is 0 Å². The second-order valence-corrected chi connectivity index (χ2v) is 8.02. The zero-order valence-corrected chi connectivity index (χ0v) is 18.7. The predicted molar refractivity (Wildman–Crippen MR) is 127 cm³/mol. The number of hydrogen-bond donors (Lipinski definition) is 2. The van der Waals surface area contributed by atoms with Crippen LogP contribution in [-0.2, 0) is 4.79 Å². The fourth-order valence-corrected chi connectivity index (χ4v) is 3.59. The Hall–Kier alpha value is -2.89. The Balaban J connectivity index is 1.86. The molecule has 0 aromatic heterocycles. The minimum atomic E-state index is -0.164. The lowest BCUT2D eigenvalue weighted by Gasteiger charge is -2.15. The number of amides is 1. The van der Waals surface area contributed by atoms with Gasteiger partial charge in [0.25, 0.3) is 0 Å². The Kier molecular flexibility index (Phi) is 7.08. The normalized spacial score (nSPS) is 10.4. The van der Waals surface area contributed by atoms with E-state index in [1.165, 1.54) is 0 Å². The van der Waals surface area contributed by atoms with E-state index >= 15 is 0 Å². The van der Waals surface area contributed by atoms with Crippen LogP contribution in [0.4, 0.5) is 17.1 Å². The fourth-order valence-electron chi connectivity index (χ4n) is 2.97. The number of benzene rings is 3. The van der Waals surface area contributed by atoms with Gasteiger partial charge in [-0.05, 0) is 48.9 Å². The molecule has 0 aliphatic heterocycles. The Morgan fingerprint density at radius 1 is 1.03 bits per heavy atom. The molecule has 0 heterocycles. The molecule has 0 spiro atoms. The molecule has 0 fully saturated rings. The average molecular weight is 484 g/mol. The second-order valence-electron chi connectivity index (χ2n) is 6.69. The number of halogens is 2. The summed E-state index contributed by atoms with van der Waals surface area (Å²) in [5.74, 6) is -0.283.